The number of nitrogens with one attached hydrogen (secondary N) is 1. The molecule has 0 aliphatic heterocycles. The molecule has 3 aromatic heterocycles. The molecule has 14 heavy (non-hydrogen) atoms. The van der Waals surface area contributed by atoms with Gasteiger partial charge in [0.15, 0.2) is 5.65 Å². The minimum atomic E-state index is 0.278. The number of nitrogens with zero attached hydrogens (tertiary/aromatic N) is 3. The molecule has 3 heterocycles. The molecule has 0 unspecified atom stereocenters. The molecule has 0 bridgehead atoms. The Labute approximate surface area is 79.8 Å². The van der Waals surface area contributed by atoms with E-state index >= 15 is 0 Å². The molecular weight excluding hydrogens is 179 g/mol. The van der Waals surface area contributed by atoms with Gasteiger partial charge in [0.1, 0.15) is 13.6 Å². The number of aromatic nitrogens is 4. The zero-order valence-corrected chi connectivity index (χ0v) is 7.52. The monoisotopic (exact) mass is 186 g/mol. The van der Waals surface area contributed by atoms with Gasteiger partial charge < -0.3 is 5.11 Å². The first-order valence-electron chi connectivity index (χ1n) is 4.27. The highest BCUT2D eigenvalue weighted by Gasteiger charge is 2.08. The summed E-state index contributed by atoms with van der Waals surface area (Å²) >= 11 is 0. The van der Waals surface area contributed by atoms with Crippen LogP contribution >= 0.6 is 0 Å². The number of rotatable bonds is 0. The first kappa shape index (κ1) is 7.43. The van der Waals surface area contributed by atoms with Gasteiger partial charge >= 0.3 is 0 Å². The summed E-state index contributed by atoms with van der Waals surface area (Å²) in [4.78, 5) is 0. The van der Waals surface area contributed by atoms with Crippen LogP contribution in [0.4, 0.5) is 0 Å². The molecule has 0 fully saturated rings. The fourth-order valence-electron chi connectivity index (χ4n) is 1.56. The SMILES string of the molecule is Bc1cn2nc3[nH]ncc3c2cc1O. The number of aromatic amines is 1. The third-order valence-corrected chi connectivity index (χ3v) is 2.34. The van der Waals surface area contributed by atoms with Crippen molar-refractivity contribution in [2.75, 3.05) is 0 Å². The number of hydrogen-bond acceptors (Lipinski definition) is 3. The Morgan fingerprint density at radius 3 is 3.21 bits per heavy atom. The number of fused-ring (bicyclic) bond motifs is 3. The van der Waals surface area contributed by atoms with Crippen molar-refractivity contribution in [1.82, 2.24) is 19.8 Å². The Morgan fingerprint density at radius 2 is 2.36 bits per heavy atom. The quantitative estimate of drug-likeness (QED) is 0.450. The van der Waals surface area contributed by atoms with Gasteiger partial charge in [0.05, 0.1) is 17.1 Å². The molecule has 0 aliphatic carbocycles. The van der Waals surface area contributed by atoms with E-state index in [-0.39, 0.29) is 5.75 Å². The van der Waals surface area contributed by atoms with Crippen LogP contribution in [0.3, 0.4) is 0 Å². The van der Waals surface area contributed by atoms with Crippen molar-refractivity contribution < 1.29 is 5.11 Å². The van der Waals surface area contributed by atoms with Gasteiger partial charge in [-0.25, -0.2) is 4.52 Å². The maximum atomic E-state index is 9.56. The summed E-state index contributed by atoms with van der Waals surface area (Å²) < 4.78 is 1.73. The molecule has 0 atom stereocenters. The molecule has 6 heteroatoms. The number of pyridine rings is 1. The van der Waals surface area contributed by atoms with Crippen LogP contribution in [0.1, 0.15) is 0 Å². The van der Waals surface area contributed by atoms with E-state index < -0.39 is 0 Å². The van der Waals surface area contributed by atoms with Crippen molar-refractivity contribution >= 4 is 29.9 Å². The molecule has 0 aliphatic rings. The van der Waals surface area contributed by atoms with E-state index in [2.05, 4.69) is 15.3 Å². The lowest BCUT2D eigenvalue weighted by atomic mass is 9.97. The van der Waals surface area contributed by atoms with Crippen LogP contribution in [0.5, 0.6) is 5.75 Å². The molecule has 3 aromatic rings. The van der Waals surface area contributed by atoms with E-state index in [0.29, 0.717) is 0 Å². The molecule has 68 valence electrons. The molecule has 0 saturated heterocycles. The topological polar surface area (TPSA) is 66.2 Å². The minimum absolute atomic E-state index is 0.278. The van der Waals surface area contributed by atoms with Gasteiger partial charge in [0, 0.05) is 12.3 Å². The molecule has 0 amide bonds. The van der Waals surface area contributed by atoms with E-state index in [9.17, 15) is 5.11 Å². The summed E-state index contributed by atoms with van der Waals surface area (Å²) in [5.74, 6) is 0.278. The molecule has 0 saturated carbocycles. The van der Waals surface area contributed by atoms with Gasteiger partial charge in [-0.1, -0.05) is 0 Å². The van der Waals surface area contributed by atoms with Crippen LogP contribution in [0, 0.1) is 0 Å². The van der Waals surface area contributed by atoms with Crippen LogP contribution in [0.15, 0.2) is 18.5 Å². The fraction of sp³-hybridized carbons (Fsp3) is 0. The summed E-state index contributed by atoms with van der Waals surface area (Å²) in [6.45, 7) is 0. The Kier molecular flexibility index (Phi) is 1.21. The molecule has 0 aromatic carbocycles. The summed E-state index contributed by atoms with van der Waals surface area (Å²) in [6, 6.07) is 1.69. The molecule has 0 radical (unpaired) electrons. The predicted octanol–water partition coefficient (Wildman–Crippen LogP) is -0.825. The normalized spacial score (nSPS) is 11.4. The summed E-state index contributed by atoms with van der Waals surface area (Å²) in [7, 11) is 1.84. The Balaban J connectivity index is 2.57. The van der Waals surface area contributed by atoms with Crippen molar-refractivity contribution in [1.29, 1.82) is 0 Å². The average molecular weight is 186 g/mol. The van der Waals surface area contributed by atoms with Gasteiger partial charge in [-0.2, -0.15) is 5.10 Å². The van der Waals surface area contributed by atoms with Gasteiger partial charge in [-0.05, 0) is 5.46 Å². The highest BCUT2D eigenvalue weighted by atomic mass is 16.3. The van der Waals surface area contributed by atoms with E-state index in [1.165, 1.54) is 0 Å². The molecule has 0 spiro atoms. The van der Waals surface area contributed by atoms with Gasteiger partial charge in [0.25, 0.3) is 0 Å². The fourth-order valence-corrected chi connectivity index (χ4v) is 1.56. The van der Waals surface area contributed by atoms with Crippen molar-refractivity contribution in [2.45, 2.75) is 0 Å². The second-order valence-corrected chi connectivity index (χ2v) is 3.30. The summed E-state index contributed by atoms with van der Waals surface area (Å²) in [6.07, 6.45) is 3.49. The number of aromatic hydroxyl groups is 1. The van der Waals surface area contributed by atoms with Crippen molar-refractivity contribution in [3.05, 3.63) is 18.5 Å². The maximum absolute atomic E-state index is 9.56. The Hall–Kier alpha value is -1.98. The molecular formula is C8H7BN4O. The second-order valence-electron chi connectivity index (χ2n) is 3.30. The van der Waals surface area contributed by atoms with E-state index in [4.69, 9.17) is 0 Å². The minimum Gasteiger partial charge on any atom is -0.508 e. The zero-order valence-electron chi connectivity index (χ0n) is 7.52. The third kappa shape index (κ3) is 0.796. The highest BCUT2D eigenvalue weighted by Crippen LogP contribution is 2.18. The van der Waals surface area contributed by atoms with Gasteiger partial charge in [0.2, 0.25) is 0 Å². The molecule has 3 rings (SSSR count). The molecule has 5 nitrogen and oxygen atoms in total. The lowest BCUT2D eigenvalue weighted by molar-refractivity contribution is 0.479. The van der Waals surface area contributed by atoms with Crippen LogP contribution in [-0.4, -0.2) is 32.8 Å². The van der Waals surface area contributed by atoms with Gasteiger partial charge in [-0.3, -0.25) is 5.10 Å². The smallest absolute Gasteiger partial charge is 0.178 e. The second kappa shape index (κ2) is 2.28. The van der Waals surface area contributed by atoms with E-state index in [1.54, 1.807) is 23.0 Å². The van der Waals surface area contributed by atoms with Crippen molar-refractivity contribution in [3.63, 3.8) is 0 Å². The van der Waals surface area contributed by atoms with Crippen LogP contribution in [0.25, 0.3) is 16.6 Å². The number of H-pyrrole nitrogens is 1. The lowest BCUT2D eigenvalue weighted by Gasteiger charge is -1.99. The first-order chi connectivity index (χ1) is 6.75. The van der Waals surface area contributed by atoms with Crippen LogP contribution in [-0.2, 0) is 0 Å². The highest BCUT2D eigenvalue weighted by molar-refractivity contribution is 6.34. The first-order valence-corrected chi connectivity index (χ1v) is 4.27. The average Bonchev–Trinajstić information content (AvgIpc) is 2.68. The van der Waals surface area contributed by atoms with Crippen LogP contribution < -0.4 is 5.46 Å². The lowest BCUT2D eigenvalue weighted by Crippen LogP contribution is -2.06. The third-order valence-electron chi connectivity index (χ3n) is 2.34. The summed E-state index contributed by atoms with van der Waals surface area (Å²) in [5, 5.41) is 21.4. The Bertz CT molecular complexity index is 627. The zero-order chi connectivity index (χ0) is 9.71. The van der Waals surface area contributed by atoms with Crippen LogP contribution in [0.2, 0.25) is 0 Å². The van der Waals surface area contributed by atoms with Crippen molar-refractivity contribution in [3.8, 4) is 5.75 Å². The standard InChI is InChI=1S/C8H7BN4O/c9-5-3-13-6(1-7(5)14)4-2-10-11-8(4)12-13/h1-3,14H,9H2,(H,11,12). The van der Waals surface area contributed by atoms with E-state index in [0.717, 1.165) is 22.0 Å². The predicted molar refractivity (Wildman–Crippen MR) is 54.7 cm³/mol. The van der Waals surface area contributed by atoms with E-state index in [1.807, 2.05) is 7.85 Å². The van der Waals surface area contributed by atoms with Crippen molar-refractivity contribution in [2.24, 2.45) is 0 Å². The van der Waals surface area contributed by atoms with Gasteiger partial charge in [-0.15, -0.1) is 5.10 Å². The number of hydrogen-bond donors (Lipinski definition) is 2. The maximum Gasteiger partial charge on any atom is 0.178 e. The molecule has 2 N–H and O–H groups in total. The Morgan fingerprint density at radius 1 is 1.50 bits per heavy atom. The largest absolute Gasteiger partial charge is 0.508 e. The summed E-state index contributed by atoms with van der Waals surface area (Å²) in [5.41, 5.74) is 2.39.